The van der Waals surface area contributed by atoms with E-state index in [1.165, 1.54) is 12.1 Å². The molecule has 2 unspecified atom stereocenters. The molecule has 0 radical (unpaired) electrons. The number of carbonyl (C=O) groups is 1. The van der Waals surface area contributed by atoms with Crippen molar-refractivity contribution in [3.63, 3.8) is 0 Å². The first kappa shape index (κ1) is 25.5. The topological polar surface area (TPSA) is 119 Å². The Balaban J connectivity index is 1.19. The van der Waals surface area contributed by atoms with Crippen molar-refractivity contribution in [3.8, 4) is 11.3 Å². The molecule has 0 aliphatic heterocycles. The van der Waals surface area contributed by atoms with Crippen LogP contribution >= 0.6 is 11.6 Å². The van der Waals surface area contributed by atoms with E-state index in [0.717, 1.165) is 41.4 Å². The summed E-state index contributed by atoms with van der Waals surface area (Å²) in [5.41, 5.74) is 8.05. The van der Waals surface area contributed by atoms with Crippen molar-refractivity contribution in [3.05, 3.63) is 75.3 Å². The summed E-state index contributed by atoms with van der Waals surface area (Å²) in [4.78, 5) is 11.2. The molecule has 3 saturated carbocycles. The minimum atomic E-state index is -1.45. The Bertz CT molecular complexity index is 1400. The molecule has 3 aromatic rings. The number of aromatic carboxylic acids is 1. The number of rotatable bonds is 7. The van der Waals surface area contributed by atoms with Gasteiger partial charge in [0.1, 0.15) is 17.3 Å². The number of carboxylic acids is 1. The van der Waals surface area contributed by atoms with Crippen molar-refractivity contribution >= 4 is 17.6 Å². The smallest absolute Gasteiger partial charge is 0.335 e. The fourth-order valence-electron chi connectivity index (χ4n) is 6.57. The second-order valence-electron chi connectivity index (χ2n) is 11.3. The lowest BCUT2D eigenvalue weighted by atomic mass is 9.87. The summed E-state index contributed by atoms with van der Waals surface area (Å²) in [6.45, 7) is 2.31. The summed E-state index contributed by atoms with van der Waals surface area (Å²) in [5.74, 6) is -0.807. The molecule has 9 heteroatoms. The number of nitrogens with two attached hydrogens (primary N) is 1. The normalized spacial score (nSPS) is 28.6. The highest BCUT2D eigenvalue weighted by atomic mass is 35.5. The highest BCUT2D eigenvalue weighted by Crippen LogP contribution is 2.55. The van der Waals surface area contributed by atoms with E-state index in [9.17, 15) is 14.3 Å². The molecule has 200 valence electrons. The number of fused-ring (bicyclic) bond motifs is 1. The molecule has 3 aliphatic carbocycles. The van der Waals surface area contributed by atoms with E-state index >= 15 is 0 Å². The molecule has 1 aromatic heterocycles. The predicted molar refractivity (Wildman–Crippen MR) is 138 cm³/mol. The van der Waals surface area contributed by atoms with Gasteiger partial charge >= 0.3 is 5.97 Å². The maximum atomic E-state index is 14.8. The van der Waals surface area contributed by atoms with Gasteiger partial charge in [0.05, 0.1) is 28.9 Å². The number of hydrogen-bond acceptors (Lipinski definition) is 6. The molecular formula is C29H30ClFN2O5. The van der Waals surface area contributed by atoms with Crippen molar-refractivity contribution in [1.29, 1.82) is 0 Å². The zero-order valence-corrected chi connectivity index (χ0v) is 21.8. The fraction of sp³-hybridized carbons (Fsp3) is 0.448. The van der Waals surface area contributed by atoms with Crippen LogP contribution in [-0.2, 0) is 16.9 Å². The fourth-order valence-corrected chi connectivity index (χ4v) is 6.88. The maximum absolute atomic E-state index is 14.8. The molecule has 0 amide bonds. The van der Waals surface area contributed by atoms with E-state index in [2.05, 4.69) is 5.16 Å². The average molecular weight is 541 g/mol. The molecule has 6 rings (SSSR count). The van der Waals surface area contributed by atoms with E-state index in [0.29, 0.717) is 36.1 Å². The van der Waals surface area contributed by atoms with Gasteiger partial charge in [0.15, 0.2) is 0 Å². The number of ether oxygens (including phenoxy) is 1. The minimum absolute atomic E-state index is 0.0632. The SMILES string of the molecule is Cc1cccc(Cl)c1-c1noc(C2CC2)c1COC1C[C@H]2CC(O)(c3ccc(C(=O)O)cc3F)C[C@@]2(N)C1. The van der Waals surface area contributed by atoms with Crippen molar-refractivity contribution in [1.82, 2.24) is 5.16 Å². The first-order valence-electron chi connectivity index (χ1n) is 13.0. The van der Waals surface area contributed by atoms with Crippen LogP contribution in [-0.4, -0.2) is 33.0 Å². The van der Waals surface area contributed by atoms with Gasteiger partial charge in [-0.05, 0) is 75.1 Å². The predicted octanol–water partition coefficient (Wildman–Crippen LogP) is 5.69. The summed E-state index contributed by atoms with van der Waals surface area (Å²) in [6.07, 6.45) is 3.62. The Labute approximate surface area is 224 Å². The zero-order valence-electron chi connectivity index (χ0n) is 21.0. The lowest BCUT2D eigenvalue weighted by Crippen LogP contribution is -2.41. The van der Waals surface area contributed by atoms with Crippen LogP contribution in [0.1, 0.15) is 77.3 Å². The van der Waals surface area contributed by atoms with Crippen LogP contribution in [0.25, 0.3) is 11.3 Å². The molecule has 4 N–H and O–H groups in total. The number of nitrogens with zero attached hydrogens (tertiary/aromatic N) is 1. The van der Waals surface area contributed by atoms with Gasteiger partial charge in [-0.25, -0.2) is 9.18 Å². The lowest BCUT2D eigenvalue weighted by molar-refractivity contribution is 0.00582. The van der Waals surface area contributed by atoms with Gasteiger partial charge in [-0.1, -0.05) is 35.0 Å². The average Bonchev–Trinajstić information content (AvgIpc) is 3.46. The van der Waals surface area contributed by atoms with Crippen molar-refractivity contribution in [2.75, 3.05) is 0 Å². The second kappa shape index (κ2) is 9.16. The molecule has 0 saturated heterocycles. The van der Waals surface area contributed by atoms with Crippen molar-refractivity contribution in [2.45, 2.75) is 75.2 Å². The highest BCUT2D eigenvalue weighted by Gasteiger charge is 2.58. The van der Waals surface area contributed by atoms with Gasteiger partial charge in [-0.3, -0.25) is 0 Å². The number of aliphatic hydroxyl groups is 1. The number of benzene rings is 2. The Hall–Kier alpha value is -2.78. The zero-order chi connectivity index (χ0) is 26.8. The van der Waals surface area contributed by atoms with Crippen LogP contribution in [0.15, 0.2) is 40.9 Å². The number of aryl methyl sites for hydroxylation is 1. The summed E-state index contributed by atoms with van der Waals surface area (Å²) in [5, 5.41) is 25.5. The standard InChI is InChI=1S/C29H30ClFN2O5/c1-15-3-2-4-22(30)24(15)25-20(26(38-33-25)16-5-6-16)13-37-19-10-18-11-29(36,14-28(18,32)12-19)21-8-7-17(27(34)35)9-23(21)31/h2-4,7-9,16,18-19,36H,5-6,10-14,32H2,1H3,(H,34,35)/t18-,19?,28-,29?/m0/s1. The summed E-state index contributed by atoms with van der Waals surface area (Å²) >= 11 is 6.54. The summed E-state index contributed by atoms with van der Waals surface area (Å²) < 4.78 is 27.0. The van der Waals surface area contributed by atoms with E-state index < -0.39 is 22.9 Å². The van der Waals surface area contributed by atoms with Crippen LogP contribution in [0.2, 0.25) is 5.02 Å². The highest BCUT2D eigenvalue weighted by molar-refractivity contribution is 6.33. The number of hydrogen-bond donors (Lipinski definition) is 3. The molecule has 2 aromatic carbocycles. The molecule has 7 nitrogen and oxygen atoms in total. The first-order chi connectivity index (χ1) is 18.1. The molecule has 0 spiro atoms. The Morgan fingerprint density at radius 1 is 1.29 bits per heavy atom. The molecule has 1 heterocycles. The van der Waals surface area contributed by atoms with Gasteiger partial charge in [0, 0.05) is 28.1 Å². The Morgan fingerprint density at radius 3 is 2.74 bits per heavy atom. The van der Waals surface area contributed by atoms with E-state index in [4.69, 9.17) is 31.7 Å². The van der Waals surface area contributed by atoms with Crippen LogP contribution in [0.3, 0.4) is 0 Å². The number of aromatic nitrogens is 1. The molecule has 3 aliphatic rings. The van der Waals surface area contributed by atoms with Crippen molar-refractivity contribution in [2.24, 2.45) is 11.7 Å². The molecular weight excluding hydrogens is 511 g/mol. The maximum Gasteiger partial charge on any atom is 0.335 e. The molecule has 3 fully saturated rings. The third-order valence-electron chi connectivity index (χ3n) is 8.58. The number of carboxylic acid groups (broad SMARTS) is 1. The van der Waals surface area contributed by atoms with Crippen LogP contribution in [0, 0.1) is 18.7 Å². The lowest BCUT2D eigenvalue weighted by Gasteiger charge is -2.28. The van der Waals surface area contributed by atoms with E-state index in [-0.39, 0.29) is 36.0 Å². The van der Waals surface area contributed by atoms with Crippen LogP contribution in [0.5, 0.6) is 0 Å². The van der Waals surface area contributed by atoms with Gasteiger partial charge in [-0.15, -0.1) is 0 Å². The third-order valence-corrected chi connectivity index (χ3v) is 8.90. The van der Waals surface area contributed by atoms with Gasteiger partial charge in [0.2, 0.25) is 0 Å². The molecule has 0 bridgehead atoms. The number of halogens is 2. The quantitative estimate of drug-likeness (QED) is 0.352. The minimum Gasteiger partial charge on any atom is -0.478 e. The summed E-state index contributed by atoms with van der Waals surface area (Å²) in [6, 6.07) is 9.37. The first-order valence-corrected chi connectivity index (χ1v) is 13.4. The van der Waals surface area contributed by atoms with Gasteiger partial charge in [-0.2, -0.15) is 0 Å². The van der Waals surface area contributed by atoms with Gasteiger partial charge < -0.3 is 25.2 Å². The largest absolute Gasteiger partial charge is 0.478 e. The van der Waals surface area contributed by atoms with Crippen molar-refractivity contribution < 1.29 is 28.7 Å². The molecule has 38 heavy (non-hydrogen) atoms. The molecule has 4 atom stereocenters. The second-order valence-corrected chi connectivity index (χ2v) is 11.7. The summed E-state index contributed by atoms with van der Waals surface area (Å²) in [7, 11) is 0. The third kappa shape index (κ3) is 4.33. The van der Waals surface area contributed by atoms with E-state index in [1.54, 1.807) is 0 Å². The Kier molecular flexibility index (Phi) is 6.14. The van der Waals surface area contributed by atoms with E-state index in [1.807, 2.05) is 25.1 Å². The van der Waals surface area contributed by atoms with Gasteiger partial charge in [0.25, 0.3) is 0 Å². The van der Waals surface area contributed by atoms with Crippen LogP contribution < -0.4 is 5.73 Å². The monoisotopic (exact) mass is 540 g/mol. The van der Waals surface area contributed by atoms with Crippen LogP contribution in [0.4, 0.5) is 4.39 Å². The Morgan fingerprint density at radius 2 is 2.08 bits per heavy atom.